The highest BCUT2D eigenvalue weighted by Gasteiger charge is 2.28. The van der Waals surface area contributed by atoms with Crippen molar-refractivity contribution in [2.75, 3.05) is 13.6 Å². The lowest BCUT2D eigenvalue weighted by Gasteiger charge is -2.33. The summed E-state index contributed by atoms with van der Waals surface area (Å²) < 4.78 is 0. The Labute approximate surface area is 102 Å². The van der Waals surface area contributed by atoms with Crippen LogP contribution in [0.25, 0.3) is 0 Å². The van der Waals surface area contributed by atoms with Crippen LogP contribution in [-0.2, 0) is 4.79 Å². The van der Waals surface area contributed by atoms with Crippen molar-refractivity contribution in [2.45, 2.75) is 25.3 Å². The van der Waals surface area contributed by atoms with E-state index >= 15 is 0 Å². The molecule has 1 atom stereocenters. The van der Waals surface area contributed by atoms with Crippen LogP contribution in [0.4, 0.5) is 0 Å². The van der Waals surface area contributed by atoms with Gasteiger partial charge in [0.05, 0.1) is 0 Å². The number of rotatable bonds is 5. The van der Waals surface area contributed by atoms with Crippen molar-refractivity contribution in [2.24, 2.45) is 5.92 Å². The molecule has 3 nitrogen and oxygen atoms in total. The smallest absolute Gasteiger partial charge is 0.325 e. The zero-order valence-corrected chi connectivity index (χ0v) is 10.2. The zero-order valence-electron chi connectivity index (χ0n) is 10.2. The Balaban J connectivity index is 2.08. The van der Waals surface area contributed by atoms with E-state index in [-0.39, 0.29) is 0 Å². The van der Waals surface area contributed by atoms with E-state index in [0.717, 1.165) is 12.1 Å². The minimum atomic E-state index is -0.766. The van der Waals surface area contributed by atoms with Gasteiger partial charge in [0.15, 0.2) is 0 Å². The van der Waals surface area contributed by atoms with E-state index in [9.17, 15) is 9.90 Å². The van der Waals surface area contributed by atoms with E-state index in [1.165, 1.54) is 19.3 Å². The summed E-state index contributed by atoms with van der Waals surface area (Å²) in [5, 5.41) is 9.36. The summed E-state index contributed by atoms with van der Waals surface area (Å²) in [5.41, 5.74) is 0.863. The molecule has 1 aromatic rings. The van der Waals surface area contributed by atoms with E-state index in [1.807, 2.05) is 42.3 Å². The third-order valence-corrected chi connectivity index (χ3v) is 3.56. The number of carboxylic acids is 1. The van der Waals surface area contributed by atoms with Crippen LogP contribution >= 0.6 is 0 Å². The maximum Gasteiger partial charge on any atom is 0.325 e. The lowest BCUT2D eigenvalue weighted by atomic mass is 9.85. The summed E-state index contributed by atoms with van der Waals surface area (Å²) in [5.74, 6) is -0.0800. The predicted molar refractivity (Wildman–Crippen MR) is 66.8 cm³/mol. The van der Waals surface area contributed by atoms with Crippen molar-refractivity contribution in [1.29, 1.82) is 0 Å². The van der Waals surface area contributed by atoms with E-state index in [0.29, 0.717) is 5.92 Å². The van der Waals surface area contributed by atoms with Crippen LogP contribution in [-0.4, -0.2) is 29.6 Å². The van der Waals surface area contributed by atoms with Crippen molar-refractivity contribution >= 4 is 5.97 Å². The number of nitrogens with zero attached hydrogens (tertiary/aromatic N) is 1. The topological polar surface area (TPSA) is 40.5 Å². The van der Waals surface area contributed by atoms with Crippen molar-refractivity contribution in [3.05, 3.63) is 35.9 Å². The first-order valence-corrected chi connectivity index (χ1v) is 6.16. The maximum atomic E-state index is 11.4. The Morgan fingerprint density at radius 2 is 2.06 bits per heavy atom. The fourth-order valence-electron chi connectivity index (χ4n) is 2.41. The molecule has 1 saturated carbocycles. The molecule has 0 amide bonds. The molecule has 0 heterocycles. The maximum absolute atomic E-state index is 11.4. The van der Waals surface area contributed by atoms with E-state index < -0.39 is 12.0 Å². The highest BCUT2D eigenvalue weighted by molar-refractivity contribution is 5.75. The van der Waals surface area contributed by atoms with E-state index in [4.69, 9.17) is 0 Å². The number of carboxylic acid groups (broad SMARTS) is 1. The molecule has 0 bridgehead atoms. The molecule has 1 unspecified atom stereocenters. The van der Waals surface area contributed by atoms with Crippen molar-refractivity contribution in [1.82, 2.24) is 4.90 Å². The average molecular weight is 233 g/mol. The molecule has 0 spiro atoms. The third kappa shape index (κ3) is 2.86. The van der Waals surface area contributed by atoms with Gasteiger partial charge in [0.2, 0.25) is 0 Å². The Kier molecular flexibility index (Phi) is 3.79. The number of hydrogen-bond donors (Lipinski definition) is 1. The molecule has 1 fully saturated rings. The second-order valence-electron chi connectivity index (χ2n) is 4.89. The van der Waals surface area contributed by atoms with Crippen LogP contribution in [0.2, 0.25) is 0 Å². The minimum Gasteiger partial charge on any atom is -0.480 e. The molecular weight excluding hydrogens is 214 g/mol. The molecule has 17 heavy (non-hydrogen) atoms. The van der Waals surface area contributed by atoms with Crippen molar-refractivity contribution < 1.29 is 9.90 Å². The zero-order chi connectivity index (χ0) is 12.3. The minimum absolute atomic E-state index is 0.517. The van der Waals surface area contributed by atoms with Gasteiger partial charge in [-0.3, -0.25) is 9.69 Å². The van der Waals surface area contributed by atoms with Gasteiger partial charge in [-0.25, -0.2) is 0 Å². The van der Waals surface area contributed by atoms with Crippen LogP contribution in [0, 0.1) is 5.92 Å². The molecule has 0 saturated heterocycles. The molecular formula is C14H19NO2. The quantitative estimate of drug-likeness (QED) is 0.849. The van der Waals surface area contributed by atoms with Crippen molar-refractivity contribution in [3.63, 3.8) is 0 Å². The average Bonchev–Trinajstić information content (AvgIpc) is 2.25. The molecule has 0 aliphatic heterocycles. The molecule has 1 aliphatic rings. The molecule has 3 heteroatoms. The summed E-state index contributed by atoms with van der Waals surface area (Å²) in [6.45, 7) is 0.881. The second kappa shape index (κ2) is 5.32. The molecule has 0 radical (unpaired) electrons. The van der Waals surface area contributed by atoms with E-state index in [2.05, 4.69) is 0 Å². The molecule has 0 aromatic heterocycles. The summed E-state index contributed by atoms with van der Waals surface area (Å²) in [6, 6.07) is 8.95. The predicted octanol–water partition coefficient (Wildman–Crippen LogP) is 2.54. The number of carbonyl (C=O) groups is 1. The Hall–Kier alpha value is -1.35. The third-order valence-electron chi connectivity index (χ3n) is 3.56. The largest absolute Gasteiger partial charge is 0.480 e. The Morgan fingerprint density at radius 1 is 1.41 bits per heavy atom. The highest BCUT2D eigenvalue weighted by Crippen LogP contribution is 2.29. The fourth-order valence-corrected chi connectivity index (χ4v) is 2.41. The normalized spacial score (nSPS) is 17.8. The summed E-state index contributed by atoms with van der Waals surface area (Å²) in [4.78, 5) is 13.3. The highest BCUT2D eigenvalue weighted by atomic mass is 16.4. The monoisotopic (exact) mass is 233 g/mol. The molecule has 92 valence electrons. The van der Waals surface area contributed by atoms with Gasteiger partial charge in [0.25, 0.3) is 0 Å². The van der Waals surface area contributed by atoms with Gasteiger partial charge in [0, 0.05) is 6.54 Å². The van der Waals surface area contributed by atoms with Gasteiger partial charge in [0.1, 0.15) is 6.04 Å². The van der Waals surface area contributed by atoms with Crippen LogP contribution < -0.4 is 0 Å². The first-order chi connectivity index (χ1) is 8.18. The SMILES string of the molecule is CN(CC1CCC1)C(C(=O)O)c1ccccc1. The second-order valence-corrected chi connectivity index (χ2v) is 4.89. The van der Waals surface area contributed by atoms with Crippen LogP contribution in [0.15, 0.2) is 30.3 Å². The summed E-state index contributed by atoms with van der Waals surface area (Å²) in [6.07, 6.45) is 3.78. The molecule has 1 N–H and O–H groups in total. The summed E-state index contributed by atoms with van der Waals surface area (Å²) in [7, 11) is 1.91. The molecule has 1 aromatic carbocycles. The lowest BCUT2D eigenvalue weighted by molar-refractivity contribution is -0.143. The Morgan fingerprint density at radius 3 is 2.53 bits per heavy atom. The summed E-state index contributed by atoms with van der Waals surface area (Å²) >= 11 is 0. The first kappa shape index (κ1) is 12.1. The number of benzene rings is 1. The van der Waals surface area contributed by atoms with Crippen LogP contribution in [0.3, 0.4) is 0 Å². The molecule has 1 aliphatic carbocycles. The number of aliphatic carboxylic acids is 1. The van der Waals surface area contributed by atoms with Gasteiger partial charge in [-0.1, -0.05) is 36.8 Å². The Bertz CT molecular complexity index is 373. The van der Waals surface area contributed by atoms with Crippen molar-refractivity contribution in [3.8, 4) is 0 Å². The molecule has 2 rings (SSSR count). The van der Waals surface area contributed by atoms with Gasteiger partial charge in [-0.2, -0.15) is 0 Å². The fraction of sp³-hybridized carbons (Fsp3) is 0.500. The van der Waals surface area contributed by atoms with Gasteiger partial charge < -0.3 is 5.11 Å². The van der Waals surface area contributed by atoms with Crippen LogP contribution in [0.5, 0.6) is 0 Å². The van der Waals surface area contributed by atoms with Crippen LogP contribution in [0.1, 0.15) is 30.9 Å². The van der Waals surface area contributed by atoms with E-state index in [1.54, 1.807) is 0 Å². The number of hydrogen-bond acceptors (Lipinski definition) is 2. The van der Waals surface area contributed by atoms with Gasteiger partial charge in [-0.05, 0) is 31.4 Å². The van der Waals surface area contributed by atoms with Gasteiger partial charge >= 0.3 is 5.97 Å². The lowest BCUT2D eigenvalue weighted by Crippen LogP contribution is -2.36. The standard InChI is InChI=1S/C14H19NO2/c1-15(10-11-6-5-7-11)13(14(16)17)12-8-3-2-4-9-12/h2-4,8-9,11,13H,5-7,10H2,1H3,(H,16,17). The van der Waals surface area contributed by atoms with Gasteiger partial charge in [-0.15, -0.1) is 0 Å². The first-order valence-electron chi connectivity index (χ1n) is 6.16. The number of likely N-dealkylation sites (N-methyl/N-ethyl adjacent to an activating group) is 1.